The van der Waals surface area contributed by atoms with E-state index in [-0.39, 0.29) is 26.1 Å². The molecule has 0 saturated carbocycles. The minimum absolute atomic E-state index is 0.179. The number of phosphoric acid groups is 1. The Morgan fingerprint density at radius 1 is 0.950 bits per heavy atom. The van der Waals surface area contributed by atoms with E-state index >= 15 is 0 Å². The van der Waals surface area contributed by atoms with Gasteiger partial charge in [0.05, 0.1) is 59.6 Å². The number of hydrogen-bond acceptors (Lipinski definition) is 9. The molecule has 0 radical (unpaired) electrons. The van der Waals surface area contributed by atoms with Crippen LogP contribution in [0.25, 0.3) is 0 Å². The monoisotopic (exact) mass is 589 g/mol. The lowest BCUT2D eigenvalue weighted by molar-refractivity contribution is 0.0374. The van der Waals surface area contributed by atoms with E-state index in [4.69, 9.17) is 31.6 Å². The van der Waals surface area contributed by atoms with Crippen molar-refractivity contribution < 1.29 is 35.5 Å². The molecule has 230 valence electrons. The number of hydrogen-bond donors (Lipinski definition) is 2. The fraction of sp³-hybridized carbons (Fsp3) is 0.828. The summed E-state index contributed by atoms with van der Waals surface area (Å²) in [5.74, 6) is 0. The number of aliphatic hydroxyl groups is 1. The van der Waals surface area contributed by atoms with Crippen molar-refractivity contribution in [3.05, 3.63) is 12.2 Å². The van der Waals surface area contributed by atoms with Gasteiger partial charge in [-0.25, -0.2) is 9.36 Å². The molecule has 0 unspecified atom stereocenters. The fourth-order valence-electron chi connectivity index (χ4n) is 3.51. The van der Waals surface area contributed by atoms with Gasteiger partial charge in [0.1, 0.15) is 5.60 Å². The molecule has 0 aliphatic carbocycles. The zero-order chi connectivity index (χ0) is 31.9. The van der Waals surface area contributed by atoms with Gasteiger partial charge in [-0.15, -0.1) is 0 Å². The summed E-state index contributed by atoms with van der Waals surface area (Å²) in [6.07, 6.45) is 14.0. The van der Waals surface area contributed by atoms with Gasteiger partial charge in [-0.05, 0) is 33.6 Å². The number of amides is 1. The Bertz CT molecular complexity index is 877. The first-order valence-electron chi connectivity index (χ1n) is 15.5. The minimum Gasteiger partial charge on any atom is -0.444 e. The lowest BCUT2D eigenvalue weighted by atomic mass is 10.1. The zero-order valence-electron chi connectivity index (χ0n) is 26.9. The van der Waals surface area contributed by atoms with Crippen molar-refractivity contribution in [3.8, 4) is 12.1 Å². The molecule has 0 aliphatic heterocycles. The second-order valence-electron chi connectivity index (χ2n) is 10.5. The number of unbranched alkanes of at least 4 members (excludes halogenated alkanes) is 11. The SMILES string of the molecule is [2H][13C]([2H])(OP(=O)(OCCC#N)OCCC#N)[13C@H](NC(=O)OC(C)(C)C)[C@H](O)/C=C/CCCCCCCCCCCCC. The van der Waals surface area contributed by atoms with E-state index in [1.54, 1.807) is 39.0 Å². The summed E-state index contributed by atoms with van der Waals surface area (Å²) in [6.45, 7) is 3.33. The molecule has 2 N–H and O–H groups in total. The van der Waals surface area contributed by atoms with E-state index in [0.717, 1.165) is 19.3 Å². The largest absolute Gasteiger partial charge is 0.474 e. The first-order chi connectivity index (χ1) is 19.8. The summed E-state index contributed by atoms with van der Waals surface area (Å²) in [5, 5.41) is 30.6. The van der Waals surface area contributed by atoms with Crippen LogP contribution in [0.5, 0.6) is 0 Å². The van der Waals surface area contributed by atoms with Crippen LogP contribution >= 0.6 is 7.82 Å². The number of nitrogens with one attached hydrogen (secondary N) is 1. The molecular formula is C29H52N3O7P. The molecule has 1 amide bonds. The van der Waals surface area contributed by atoms with Crippen molar-refractivity contribution in [2.45, 2.75) is 135 Å². The molecule has 0 aromatic carbocycles. The third-order valence-corrected chi connectivity index (χ3v) is 6.87. The standard InChI is InChI=1S/C29H52N3O7P/c1-5-6-7-8-9-10-11-12-13-14-15-16-17-20-27(33)26(32-28(34)39-29(2,3)4)25-38-40(35,36-23-18-21-30)37-24-19-22-31/h17,20,26-27,33H,5-16,18-19,23-25H2,1-4H3,(H,32,34)/b20-17+/t26-,27+/m0/s1/i25+1D2,26+1. The Morgan fingerprint density at radius 2 is 1.45 bits per heavy atom. The van der Waals surface area contributed by atoms with Crippen molar-refractivity contribution in [3.63, 3.8) is 0 Å². The Balaban J connectivity index is 5.22. The van der Waals surface area contributed by atoms with Crippen LogP contribution in [0.2, 0.25) is 0 Å². The lowest BCUT2D eigenvalue weighted by Crippen LogP contribution is -2.47. The highest BCUT2D eigenvalue weighted by Crippen LogP contribution is 2.49. The number of alkyl carbamates (subject to hydrolysis) is 1. The molecule has 2 atom stereocenters. The van der Waals surface area contributed by atoms with Crippen LogP contribution in [0.15, 0.2) is 12.2 Å². The summed E-state index contributed by atoms with van der Waals surface area (Å²) >= 11 is 0. The van der Waals surface area contributed by atoms with Crippen molar-refractivity contribution in [2.75, 3.05) is 19.8 Å². The number of nitrogens with zero attached hydrogens (tertiary/aromatic N) is 2. The van der Waals surface area contributed by atoms with E-state index in [0.29, 0.717) is 6.42 Å². The molecule has 0 bridgehead atoms. The molecule has 10 nitrogen and oxygen atoms in total. The summed E-state index contributed by atoms with van der Waals surface area (Å²) in [7, 11) is -4.64. The van der Waals surface area contributed by atoms with Crippen molar-refractivity contribution >= 4 is 13.9 Å². The first kappa shape index (κ1) is 34.3. The molecule has 0 aromatic heterocycles. The first-order valence-corrected chi connectivity index (χ1v) is 15.9. The van der Waals surface area contributed by atoms with E-state index in [9.17, 15) is 14.5 Å². The molecule has 0 heterocycles. The van der Waals surface area contributed by atoms with Gasteiger partial charge in [0.2, 0.25) is 0 Å². The maximum atomic E-state index is 13.1. The highest BCUT2D eigenvalue weighted by atomic mass is 31.2. The molecule has 0 spiro atoms. The van der Waals surface area contributed by atoms with Crippen LogP contribution < -0.4 is 5.32 Å². The second-order valence-corrected chi connectivity index (χ2v) is 12.1. The van der Waals surface area contributed by atoms with Gasteiger partial charge in [0.15, 0.2) is 0 Å². The van der Waals surface area contributed by atoms with Crippen LogP contribution in [-0.2, 0) is 22.9 Å². The number of ether oxygens (including phenoxy) is 1. The molecule has 0 rings (SSSR count). The molecule has 0 saturated heterocycles. The van der Waals surface area contributed by atoms with Crippen LogP contribution in [0.4, 0.5) is 4.79 Å². The van der Waals surface area contributed by atoms with E-state index in [1.807, 2.05) is 0 Å². The van der Waals surface area contributed by atoms with E-state index in [2.05, 4.69) is 12.2 Å². The number of aliphatic hydroxyl groups excluding tert-OH is 1. The predicted octanol–water partition coefficient (Wildman–Crippen LogP) is 7.48. The normalized spacial score (nSPS) is 14.6. The average molecular weight is 590 g/mol. The molecular weight excluding hydrogens is 535 g/mol. The smallest absolute Gasteiger partial charge is 0.444 e. The highest BCUT2D eigenvalue weighted by molar-refractivity contribution is 7.48. The van der Waals surface area contributed by atoms with Crippen LogP contribution in [-0.4, -0.2) is 48.7 Å². The summed E-state index contributed by atoms with van der Waals surface area (Å²) in [5.41, 5.74) is -0.909. The lowest BCUT2D eigenvalue weighted by Gasteiger charge is -2.26. The number of nitriles is 2. The summed E-state index contributed by atoms with van der Waals surface area (Å²) in [4.78, 5) is 12.5. The predicted molar refractivity (Wildman–Crippen MR) is 155 cm³/mol. The van der Waals surface area contributed by atoms with Crippen molar-refractivity contribution in [1.29, 1.82) is 10.5 Å². The van der Waals surface area contributed by atoms with E-state index in [1.165, 1.54) is 57.4 Å². The fourth-order valence-corrected chi connectivity index (χ4v) is 4.56. The van der Waals surface area contributed by atoms with Gasteiger partial charge < -0.3 is 15.2 Å². The van der Waals surface area contributed by atoms with Gasteiger partial charge in [-0.3, -0.25) is 13.6 Å². The second kappa shape index (κ2) is 23.7. The molecule has 0 fully saturated rings. The Morgan fingerprint density at radius 3 is 1.93 bits per heavy atom. The van der Waals surface area contributed by atoms with Crippen LogP contribution in [0.3, 0.4) is 0 Å². The number of allylic oxidation sites excluding steroid dienone is 1. The van der Waals surface area contributed by atoms with Gasteiger partial charge in [-0.1, -0.05) is 83.3 Å². The average Bonchev–Trinajstić information content (AvgIpc) is 2.88. The summed E-state index contributed by atoms with van der Waals surface area (Å²) < 4.78 is 50.4. The van der Waals surface area contributed by atoms with Gasteiger partial charge in [0.25, 0.3) is 0 Å². The zero-order valence-corrected chi connectivity index (χ0v) is 25.8. The van der Waals surface area contributed by atoms with E-state index < -0.39 is 38.2 Å². The van der Waals surface area contributed by atoms with Crippen LogP contribution in [0.1, 0.15) is 120 Å². The number of phosphoric ester groups is 1. The minimum atomic E-state index is -4.64. The maximum Gasteiger partial charge on any atom is 0.474 e. The number of rotatable bonds is 24. The third-order valence-electron chi connectivity index (χ3n) is 5.54. The summed E-state index contributed by atoms with van der Waals surface area (Å²) in [6, 6.07) is 1.81. The Labute approximate surface area is 244 Å². The van der Waals surface area contributed by atoms with Gasteiger partial charge in [0, 0.05) is 0 Å². The van der Waals surface area contributed by atoms with Crippen molar-refractivity contribution in [1.82, 2.24) is 5.32 Å². The molecule has 0 aromatic rings. The topological polar surface area (TPSA) is 151 Å². The third kappa shape index (κ3) is 22.8. The van der Waals surface area contributed by atoms with Gasteiger partial charge in [-0.2, -0.15) is 10.5 Å². The number of carbonyl (C=O) groups is 1. The van der Waals surface area contributed by atoms with Crippen molar-refractivity contribution in [2.24, 2.45) is 0 Å². The number of carbonyl (C=O) groups excluding carboxylic acids is 1. The van der Waals surface area contributed by atoms with Gasteiger partial charge >= 0.3 is 13.9 Å². The quantitative estimate of drug-likeness (QED) is 0.0505. The molecule has 11 heteroatoms. The Hall–Kier alpha value is -1.94. The molecule has 0 aliphatic rings. The Kier molecular flexibility index (Phi) is 20.3. The maximum absolute atomic E-state index is 13.1. The molecule has 40 heavy (non-hydrogen) atoms. The highest BCUT2D eigenvalue weighted by Gasteiger charge is 2.31. The van der Waals surface area contributed by atoms with Crippen LogP contribution in [0, 0.1) is 22.7 Å².